The average Bonchev–Trinajstić information content (AvgIpc) is 3.12. The van der Waals surface area contributed by atoms with Crippen molar-refractivity contribution in [3.05, 3.63) is 45.8 Å². The van der Waals surface area contributed by atoms with E-state index in [-0.39, 0.29) is 6.04 Å². The normalized spacial score (nSPS) is 13.1. The van der Waals surface area contributed by atoms with Crippen LogP contribution in [0.5, 0.6) is 0 Å². The predicted octanol–water partition coefficient (Wildman–Crippen LogP) is 3.62. The molecule has 110 valence electrons. The van der Waals surface area contributed by atoms with Crippen LogP contribution in [-0.4, -0.2) is 9.59 Å². The van der Waals surface area contributed by atoms with Crippen molar-refractivity contribution in [2.24, 2.45) is 5.84 Å². The molecule has 4 nitrogen and oxygen atoms in total. The molecule has 0 saturated carbocycles. The van der Waals surface area contributed by atoms with E-state index < -0.39 is 0 Å². The fraction of sp³-hybridized carbons (Fsp3) is 0.333. The maximum absolute atomic E-state index is 5.80. The Morgan fingerprint density at radius 3 is 2.86 bits per heavy atom. The molecule has 0 fully saturated rings. The van der Waals surface area contributed by atoms with Gasteiger partial charge in [0.1, 0.15) is 0 Å². The molecular formula is C15H18N4S2. The van der Waals surface area contributed by atoms with Gasteiger partial charge in [-0.05, 0) is 46.3 Å². The molecule has 3 N–H and O–H groups in total. The van der Waals surface area contributed by atoms with Crippen LogP contribution >= 0.6 is 22.9 Å². The predicted molar refractivity (Wildman–Crippen MR) is 89.6 cm³/mol. The molecule has 21 heavy (non-hydrogen) atoms. The molecule has 0 amide bonds. The van der Waals surface area contributed by atoms with Crippen LogP contribution in [-0.2, 0) is 6.42 Å². The molecular weight excluding hydrogens is 300 g/mol. The van der Waals surface area contributed by atoms with Crippen molar-refractivity contribution in [3.63, 3.8) is 0 Å². The van der Waals surface area contributed by atoms with E-state index in [0.717, 1.165) is 17.0 Å². The minimum absolute atomic E-state index is 0.0559. The first-order valence-corrected chi connectivity index (χ1v) is 8.59. The molecule has 2 heterocycles. The number of aromatic nitrogens is 2. The lowest BCUT2D eigenvalue weighted by Gasteiger charge is -2.15. The van der Waals surface area contributed by atoms with Gasteiger partial charge in [0.25, 0.3) is 0 Å². The second-order valence-corrected chi connectivity index (χ2v) is 7.05. The third kappa shape index (κ3) is 2.85. The summed E-state index contributed by atoms with van der Waals surface area (Å²) in [7, 11) is 0. The van der Waals surface area contributed by atoms with Gasteiger partial charge in [0.15, 0.2) is 0 Å². The molecule has 0 aliphatic carbocycles. The van der Waals surface area contributed by atoms with E-state index in [4.69, 9.17) is 5.84 Å². The highest BCUT2D eigenvalue weighted by Crippen LogP contribution is 2.32. The van der Waals surface area contributed by atoms with E-state index in [2.05, 4.69) is 58.5 Å². The minimum atomic E-state index is 0.0559. The van der Waals surface area contributed by atoms with Crippen LogP contribution in [0.15, 0.2) is 29.6 Å². The number of hydrogen-bond acceptors (Lipinski definition) is 6. The number of rotatable bonds is 5. The van der Waals surface area contributed by atoms with E-state index in [9.17, 15) is 0 Å². The molecule has 1 atom stereocenters. The third-order valence-electron chi connectivity index (χ3n) is 3.59. The second kappa shape index (κ2) is 6.19. The molecule has 0 spiro atoms. The largest absolute Gasteiger partial charge is 0.271 e. The van der Waals surface area contributed by atoms with Gasteiger partial charge in [-0.3, -0.25) is 11.3 Å². The molecule has 1 aromatic carbocycles. The third-order valence-corrected chi connectivity index (χ3v) is 5.46. The van der Waals surface area contributed by atoms with Crippen molar-refractivity contribution < 1.29 is 0 Å². The first kappa shape index (κ1) is 14.6. The SMILES string of the molecule is CC(C)c1nnsc1C(Cc1csc2ccccc12)NN. The Morgan fingerprint density at radius 1 is 1.29 bits per heavy atom. The highest BCUT2D eigenvalue weighted by atomic mass is 32.1. The number of hydrazine groups is 1. The number of hydrogen-bond donors (Lipinski definition) is 2. The Labute approximate surface area is 132 Å². The Balaban J connectivity index is 1.92. The van der Waals surface area contributed by atoms with E-state index in [0.29, 0.717) is 5.92 Å². The van der Waals surface area contributed by atoms with Gasteiger partial charge in [0.05, 0.1) is 16.6 Å². The van der Waals surface area contributed by atoms with Crippen molar-refractivity contribution in [1.82, 2.24) is 15.0 Å². The number of nitrogens with two attached hydrogens (primary N) is 1. The van der Waals surface area contributed by atoms with Gasteiger partial charge in [-0.15, -0.1) is 16.4 Å². The Kier molecular flexibility index (Phi) is 4.30. The standard InChI is InChI=1S/C15H18N4S2/c1-9(2)14-15(21-19-18-14)12(17-16)7-10-8-20-13-6-4-3-5-11(10)13/h3-6,8-9,12,17H,7,16H2,1-2H3. The van der Waals surface area contributed by atoms with Gasteiger partial charge >= 0.3 is 0 Å². The summed E-state index contributed by atoms with van der Waals surface area (Å²) in [4.78, 5) is 1.14. The Hall–Kier alpha value is -1.34. The van der Waals surface area contributed by atoms with Crippen LogP contribution in [0, 0.1) is 0 Å². The van der Waals surface area contributed by atoms with Crippen LogP contribution in [0.2, 0.25) is 0 Å². The van der Waals surface area contributed by atoms with Crippen molar-refractivity contribution in [2.75, 3.05) is 0 Å². The summed E-state index contributed by atoms with van der Waals surface area (Å²) in [5, 5.41) is 7.78. The first-order chi connectivity index (χ1) is 10.2. The number of fused-ring (bicyclic) bond motifs is 1. The molecule has 0 radical (unpaired) electrons. The van der Waals surface area contributed by atoms with Crippen LogP contribution in [0.1, 0.15) is 41.9 Å². The zero-order valence-corrected chi connectivity index (χ0v) is 13.7. The topological polar surface area (TPSA) is 63.8 Å². The van der Waals surface area contributed by atoms with Gasteiger partial charge in [-0.2, -0.15) is 0 Å². The highest BCUT2D eigenvalue weighted by molar-refractivity contribution is 7.17. The lowest BCUT2D eigenvalue weighted by atomic mass is 10.0. The summed E-state index contributed by atoms with van der Waals surface area (Å²) in [6.07, 6.45) is 0.851. The van der Waals surface area contributed by atoms with E-state index in [1.54, 1.807) is 11.3 Å². The Morgan fingerprint density at radius 2 is 2.10 bits per heavy atom. The van der Waals surface area contributed by atoms with Crippen LogP contribution < -0.4 is 11.3 Å². The number of benzene rings is 1. The van der Waals surface area contributed by atoms with Crippen molar-refractivity contribution in [1.29, 1.82) is 0 Å². The quantitative estimate of drug-likeness (QED) is 0.557. The van der Waals surface area contributed by atoms with Gasteiger partial charge in [-0.25, -0.2) is 0 Å². The Bertz CT molecular complexity index is 732. The highest BCUT2D eigenvalue weighted by Gasteiger charge is 2.21. The molecule has 0 aliphatic heterocycles. The fourth-order valence-electron chi connectivity index (χ4n) is 2.48. The van der Waals surface area contributed by atoms with E-state index in [1.165, 1.54) is 27.2 Å². The summed E-state index contributed by atoms with van der Waals surface area (Å²) < 4.78 is 5.42. The zero-order chi connectivity index (χ0) is 14.8. The molecule has 0 aliphatic rings. The average molecular weight is 318 g/mol. The summed E-state index contributed by atoms with van der Waals surface area (Å²) in [6.45, 7) is 4.27. The van der Waals surface area contributed by atoms with Gasteiger partial charge < -0.3 is 0 Å². The van der Waals surface area contributed by atoms with Crippen molar-refractivity contribution >= 4 is 33.0 Å². The van der Waals surface area contributed by atoms with Crippen LogP contribution in [0.25, 0.3) is 10.1 Å². The van der Waals surface area contributed by atoms with Crippen molar-refractivity contribution in [2.45, 2.75) is 32.2 Å². The van der Waals surface area contributed by atoms with Crippen LogP contribution in [0.3, 0.4) is 0 Å². The minimum Gasteiger partial charge on any atom is -0.271 e. The maximum atomic E-state index is 5.80. The lowest BCUT2D eigenvalue weighted by Crippen LogP contribution is -2.29. The summed E-state index contributed by atoms with van der Waals surface area (Å²) in [5.41, 5.74) is 5.30. The maximum Gasteiger partial charge on any atom is 0.0829 e. The molecule has 2 aromatic heterocycles. The molecule has 1 unspecified atom stereocenters. The zero-order valence-electron chi connectivity index (χ0n) is 12.0. The summed E-state index contributed by atoms with van der Waals surface area (Å²) in [6, 6.07) is 8.54. The van der Waals surface area contributed by atoms with Gasteiger partial charge in [-0.1, -0.05) is 36.5 Å². The fourth-order valence-corrected chi connectivity index (χ4v) is 4.33. The smallest absolute Gasteiger partial charge is 0.0829 e. The molecule has 6 heteroatoms. The van der Waals surface area contributed by atoms with E-state index in [1.807, 2.05) is 0 Å². The molecule has 0 saturated heterocycles. The summed E-state index contributed by atoms with van der Waals surface area (Å²) >= 11 is 3.22. The van der Waals surface area contributed by atoms with E-state index >= 15 is 0 Å². The number of nitrogens with one attached hydrogen (secondary N) is 1. The van der Waals surface area contributed by atoms with Crippen LogP contribution in [0.4, 0.5) is 0 Å². The molecule has 0 bridgehead atoms. The van der Waals surface area contributed by atoms with Gasteiger partial charge in [0.2, 0.25) is 0 Å². The van der Waals surface area contributed by atoms with Crippen molar-refractivity contribution in [3.8, 4) is 0 Å². The monoisotopic (exact) mass is 318 g/mol. The van der Waals surface area contributed by atoms with Gasteiger partial charge in [0, 0.05) is 4.70 Å². The number of thiophene rings is 1. The molecule has 3 aromatic rings. The molecule has 3 rings (SSSR count). The first-order valence-electron chi connectivity index (χ1n) is 6.94. The number of nitrogens with zero attached hydrogens (tertiary/aromatic N) is 2. The summed E-state index contributed by atoms with van der Waals surface area (Å²) in [5.74, 6) is 6.15. The lowest BCUT2D eigenvalue weighted by molar-refractivity contribution is 0.553. The second-order valence-electron chi connectivity index (χ2n) is 5.36.